The van der Waals surface area contributed by atoms with Crippen LogP contribution in [0.3, 0.4) is 0 Å². The summed E-state index contributed by atoms with van der Waals surface area (Å²) in [5.41, 5.74) is 8.12. The van der Waals surface area contributed by atoms with Gasteiger partial charge < -0.3 is 5.73 Å². The lowest BCUT2D eigenvalue weighted by Crippen LogP contribution is -2.48. The van der Waals surface area contributed by atoms with Gasteiger partial charge in [-0.05, 0) is 38.4 Å². The highest BCUT2D eigenvalue weighted by Crippen LogP contribution is 2.20. The van der Waals surface area contributed by atoms with Gasteiger partial charge in [0.05, 0.1) is 17.6 Å². The van der Waals surface area contributed by atoms with Crippen LogP contribution in [-0.4, -0.2) is 38.5 Å². The molecule has 1 aliphatic rings. The van der Waals surface area contributed by atoms with Crippen LogP contribution >= 0.6 is 12.4 Å². The topological polar surface area (TPSA) is 60.0 Å². The molecule has 0 bridgehead atoms. The van der Waals surface area contributed by atoms with E-state index in [0.29, 0.717) is 6.04 Å². The Hall–Kier alpha value is -1.43. The van der Waals surface area contributed by atoms with E-state index in [-0.39, 0.29) is 18.4 Å². The Kier molecular flexibility index (Phi) is 5.94. The van der Waals surface area contributed by atoms with Crippen molar-refractivity contribution in [2.75, 3.05) is 6.54 Å². The summed E-state index contributed by atoms with van der Waals surface area (Å²) < 4.78 is 0. The van der Waals surface area contributed by atoms with Gasteiger partial charge in [-0.1, -0.05) is 24.6 Å². The predicted molar refractivity (Wildman–Crippen MR) is 90.3 cm³/mol. The van der Waals surface area contributed by atoms with Crippen molar-refractivity contribution >= 4 is 12.4 Å². The number of hydrogen-bond acceptors (Lipinski definition) is 4. The Balaban J connectivity index is 0.00000176. The number of aromatic nitrogens is 3. The maximum Gasteiger partial charge on any atom is 0.0971 e. The molecule has 1 aromatic heterocycles. The van der Waals surface area contributed by atoms with E-state index >= 15 is 0 Å². The van der Waals surface area contributed by atoms with E-state index in [9.17, 15) is 0 Å². The summed E-state index contributed by atoms with van der Waals surface area (Å²) in [6, 6.07) is 10.7. The van der Waals surface area contributed by atoms with Gasteiger partial charge in [0.25, 0.3) is 0 Å². The molecule has 1 fully saturated rings. The maximum absolute atomic E-state index is 6.12. The summed E-state index contributed by atoms with van der Waals surface area (Å²) in [4.78, 5) is 4.15. The molecule has 2 aromatic rings. The second kappa shape index (κ2) is 7.72. The van der Waals surface area contributed by atoms with E-state index in [1.807, 2.05) is 36.5 Å². The quantitative estimate of drug-likeness (QED) is 0.939. The van der Waals surface area contributed by atoms with E-state index in [4.69, 9.17) is 5.73 Å². The Bertz CT molecular complexity index is 569. The standard InChI is InChI=1S/C16H23N5.ClH/c1-13(17)16-9-5-6-10-20(16)12-14-11-18-21(19-14)15-7-3-2-4-8-15;/h2-4,7-8,11,13,16H,5-6,9-10,12,17H2,1H3;1H. The Morgan fingerprint density at radius 3 is 2.77 bits per heavy atom. The van der Waals surface area contributed by atoms with E-state index in [2.05, 4.69) is 22.0 Å². The minimum absolute atomic E-state index is 0. The van der Waals surface area contributed by atoms with Gasteiger partial charge >= 0.3 is 0 Å². The van der Waals surface area contributed by atoms with E-state index in [1.54, 1.807) is 4.80 Å². The molecule has 0 aliphatic carbocycles. The highest BCUT2D eigenvalue weighted by molar-refractivity contribution is 5.85. The lowest BCUT2D eigenvalue weighted by Gasteiger charge is -2.37. The molecule has 0 amide bonds. The fraction of sp³-hybridized carbons (Fsp3) is 0.500. The lowest BCUT2D eigenvalue weighted by molar-refractivity contribution is 0.121. The molecule has 5 nitrogen and oxygen atoms in total. The molecule has 1 aliphatic heterocycles. The maximum atomic E-state index is 6.12. The largest absolute Gasteiger partial charge is 0.327 e. The number of rotatable bonds is 4. The summed E-state index contributed by atoms with van der Waals surface area (Å²) in [6.45, 7) is 4.03. The molecule has 2 heterocycles. The number of hydrogen-bond donors (Lipinski definition) is 1. The van der Waals surface area contributed by atoms with E-state index in [0.717, 1.165) is 24.5 Å². The number of nitrogens with two attached hydrogens (primary N) is 1. The van der Waals surface area contributed by atoms with Crippen molar-refractivity contribution in [1.29, 1.82) is 0 Å². The SMILES string of the molecule is CC(N)C1CCCCN1Cc1cnn(-c2ccccc2)n1.Cl. The fourth-order valence-corrected chi connectivity index (χ4v) is 3.07. The molecule has 0 saturated carbocycles. The van der Waals surface area contributed by atoms with Gasteiger partial charge in [-0.2, -0.15) is 15.0 Å². The zero-order valence-corrected chi connectivity index (χ0v) is 13.7. The minimum atomic E-state index is 0. The molecule has 2 atom stereocenters. The van der Waals surface area contributed by atoms with Crippen LogP contribution in [-0.2, 0) is 6.54 Å². The van der Waals surface area contributed by atoms with Gasteiger partial charge in [0, 0.05) is 18.6 Å². The Morgan fingerprint density at radius 2 is 2.05 bits per heavy atom. The number of benzene rings is 1. The van der Waals surface area contributed by atoms with Crippen molar-refractivity contribution in [3.8, 4) is 5.69 Å². The molecule has 1 saturated heterocycles. The van der Waals surface area contributed by atoms with Gasteiger partial charge in [-0.15, -0.1) is 12.4 Å². The predicted octanol–water partition coefficient (Wildman–Crippen LogP) is 2.39. The van der Waals surface area contributed by atoms with Crippen LogP contribution < -0.4 is 5.73 Å². The molecule has 0 spiro atoms. The lowest BCUT2D eigenvalue weighted by atomic mass is 9.97. The molecule has 0 radical (unpaired) electrons. The Morgan fingerprint density at radius 1 is 1.27 bits per heavy atom. The third-order valence-electron chi connectivity index (χ3n) is 4.16. The van der Waals surface area contributed by atoms with Gasteiger partial charge in [-0.25, -0.2) is 0 Å². The smallest absolute Gasteiger partial charge is 0.0971 e. The van der Waals surface area contributed by atoms with Crippen LogP contribution in [0.5, 0.6) is 0 Å². The monoisotopic (exact) mass is 321 g/mol. The average Bonchev–Trinajstić information content (AvgIpc) is 2.97. The highest BCUT2D eigenvalue weighted by atomic mass is 35.5. The summed E-state index contributed by atoms with van der Waals surface area (Å²) in [7, 11) is 0. The molecule has 2 N–H and O–H groups in total. The van der Waals surface area contributed by atoms with Crippen molar-refractivity contribution in [2.45, 2.75) is 44.8 Å². The van der Waals surface area contributed by atoms with E-state index < -0.39 is 0 Å². The first-order valence-corrected chi connectivity index (χ1v) is 7.70. The summed E-state index contributed by atoms with van der Waals surface area (Å²) >= 11 is 0. The zero-order valence-electron chi connectivity index (χ0n) is 12.9. The van der Waals surface area contributed by atoms with Gasteiger partial charge in [0.15, 0.2) is 0 Å². The second-order valence-corrected chi connectivity index (χ2v) is 5.85. The first-order chi connectivity index (χ1) is 10.2. The van der Waals surface area contributed by atoms with E-state index in [1.165, 1.54) is 19.3 Å². The molecule has 2 unspecified atom stereocenters. The fourth-order valence-electron chi connectivity index (χ4n) is 3.07. The molecule has 6 heteroatoms. The third kappa shape index (κ3) is 3.85. The molecule has 1 aromatic carbocycles. The molecular formula is C16H24ClN5. The van der Waals surface area contributed by atoms with Crippen LogP contribution in [0.2, 0.25) is 0 Å². The Labute approximate surface area is 137 Å². The number of para-hydroxylation sites is 1. The first-order valence-electron chi connectivity index (χ1n) is 7.70. The average molecular weight is 322 g/mol. The zero-order chi connectivity index (χ0) is 14.7. The summed E-state index contributed by atoms with van der Waals surface area (Å²) in [5, 5.41) is 8.96. The number of halogens is 1. The highest BCUT2D eigenvalue weighted by Gasteiger charge is 2.25. The van der Waals surface area contributed by atoms with Gasteiger partial charge in [0.2, 0.25) is 0 Å². The molecule has 3 rings (SSSR count). The second-order valence-electron chi connectivity index (χ2n) is 5.85. The summed E-state index contributed by atoms with van der Waals surface area (Å²) in [5.74, 6) is 0. The van der Waals surface area contributed by atoms with Crippen LogP contribution in [0.4, 0.5) is 0 Å². The normalized spacial score (nSPS) is 20.4. The van der Waals surface area contributed by atoms with Crippen LogP contribution in [0.25, 0.3) is 5.69 Å². The number of nitrogens with zero attached hydrogens (tertiary/aromatic N) is 4. The molecule has 120 valence electrons. The van der Waals surface area contributed by atoms with Crippen LogP contribution in [0, 0.1) is 0 Å². The van der Waals surface area contributed by atoms with Gasteiger partial charge in [-0.3, -0.25) is 4.90 Å². The number of likely N-dealkylation sites (tertiary alicyclic amines) is 1. The minimum Gasteiger partial charge on any atom is -0.327 e. The molecule has 22 heavy (non-hydrogen) atoms. The van der Waals surface area contributed by atoms with Crippen molar-refractivity contribution < 1.29 is 0 Å². The molecular weight excluding hydrogens is 298 g/mol. The van der Waals surface area contributed by atoms with Crippen molar-refractivity contribution in [3.05, 3.63) is 42.2 Å². The summed E-state index contributed by atoms with van der Waals surface area (Å²) in [6.07, 6.45) is 5.57. The first kappa shape index (κ1) is 16.9. The van der Waals surface area contributed by atoms with Crippen LogP contribution in [0.1, 0.15) is 31.9 Å². The third-order valence-corrected chi connectivity index (χ3v) is 4.16. The van der Waals surface area contributed by atoms with Crippen molar-refractivity contribution in [3.63, 3.8) is 0 Å². The van der Waals surface area contributed by atoms with Crippen molar-refractivity contribution in [2.24, 2.45) is 5.73 Å². The number of piperidine rings is 1. The van der Waals surface area contributed by atoms with Crippen LogP contribution in [0.15, 0.2) is 36.5 Å². The van der Waals surface area contributed by atoms with Gasteiger partial charge in [0.1, 0.15) is 0 Å². The van der Waals surface area contributed by atoms with Crippen molar-refractivity contribution in [1.82, 2.24) is 19.9 Å².